The molecule has 2 N–H and O–H groups in total. The average molecular weight is 439 g/mol. The van der Waals surface area contributed by atoms with Gasteiger partial charge in [-0.1, -0.05) is 19.4 Å². The molecule has 0 aliphatic heterocycles. The summed E-state index contributed by atoms with van der Waals surface area (Å²) in [7, 11) is 0. The zero-order chi connectivity index (χ0) is 22.1. The molecule has 1 unspecified atom stereocenters. The first kappa shape index (κ1) is 22.0. The van der Waals surface area contributed by atoms with E-state index >= 15 is 0 Å². The molecule has 3 saturated carbocycles. The number of ether oxygens (including phenoxy) is 1. The second-order valence-corrected chi connectivity index (χ2v) is 10.9. The Balaban J connectivity index is 1.71. The number of aliphatic hydroxyl groups is 2. The molecule has 0 heterocycles. The molecule has 4 aliphatic carbocycles. The summed E-state index contributed by atoms with van der Waals surface area (Å²) >= 11 is 7.36. The first-order chi connectivity index (χ1) is 13.9. The summed E-state index contributed by atoms with van der Waals surface area (Å²) in [5, 5.41) is 22.9. The van der Waals surface area contributed by atoms with E-state index in [-0.39, 0.29) is 30.5 Å². The molecule has 0 radical (unpaired) electrons. The average Bonchev–Trinajstić information content (AvgIpc) is 2.94. The van der Waals surface area contributed by atoms with E-state index in [0.717, 1.165) is 12.0 Å². The highest BCUT2D eigenvalue weighted by Crippen LogP contribution is 2.71. The van der Waals surface area contributed by atoms with Gasteiger partial charge in [0.05, 0.1) is 11.0 Å². The number of alkyl halides is 1. The third kappa shape index (κ3) is 2.66. The van der Waals surface area contributed by atoms with E-state index in [2.05, 4.69) is 6.92 Å². The minimum absolute atomic E-state index is 0.0410. The van der Waals surface area contributed by atoms with E-state index in [0.29, 0.717) is 25.7 Å². The van der Waals surface area contributed by atoms with Crippen LogP contribution in [0.2, 0.25) is 0 Å². The van der Waals surface area contributed by atoms with Crippen LogP contribution in [-0.4, -0.2) is 50.9 Å². The van der Waals surface area contributed by atoms with Gasteiger partial charge in [0.15, 0.2) is 12.4 Å². The molecule has 0 amide bonds. The number of carbonyl (C=O) groups excluding carboxylic acids is 3. The van der Waals surface area contributed by atoms with Crippen molar-refractivity contribution in [2.75, 3.05) is 6.61 Å². The smallest absolute Gasteiger partial charge is 0.303 e. The van der Waals surface area contributed by atoms with Crippen LogP contribution in [0.15, 0.2) is 11.6 Å². The molecule has 4 rings (SSSR count). The van der Waals surface area contributed by atoms with E-state index < -0.39 is 45.8 Å². The SMILES string of the molecule is CC(=O)OCC(=O)[C@@]1(O)CC[C@H]2[C@@H]3CCC4=CC(=O)CC[C@]4(C)[C@@]3(Cl)C(O)C[C@@]21C. The van der Waals surface area contributed by atoms with E-state index in [4.69, 9.17) is 16.3 Å². The van der Waals surface area contributed by atoms with Crippen molar-refractivity contribution in [3.63, 3.8) is 0 Å². The molecule has 0 aromatic heterocycles. The summed E-state index contributed by atoms with van der Waals surface area (Å²) in [6, 6.07) is 0. The first-order valence-electron chi connectivity index (χ1n) is 10.9. The van der Waals surface area contributed by atoms with Crippen LogP contribution in [0, 0.1) is 22.7 Å². The van der Waals surface area contributed by atoms with Crippen molar-refractivity contribution in [1.29, 1.82) is 0 Å². The zero-order valence-electron chi connectivity index (χ0n) is 17.9. The summed E-state index contributed by atoms with van der Waals surface area (Å²) < 4.78 is 4.88. The number of hydrogen-bond donors (Lipinski definition) is 2. The lowest BCUT2D eigenvalue weighted by Gasteiger charge is -2.64. The van der Waals surface area contributed by atoms with Gasteiger partial charge in [-0.2, -0.15) is 0 Å². The molecular formula is C23H31ClO6. The molecule has 0 aromatic carbocycles. The Bertz CT molecular complexity index is 838. The molecular weight excluding hydrogens is 408 g/mol. The molecule has 166 valence electrons. The van der Waals surface area contributed by atoms with E-state index in [9.17, 15) is 24.6 Å². The number of hydrogen-bond acceptors (Lipinski definition) is 6. The van der Waals surface area contributed by atoms with Crippen molar-refractivity contribution in [1.82, 2.24) is 0 Å². The maximum absolute atomic E-state index is 12.9. The van der Waals surface area contributed by atoms with Gasteiger partial charge in [-0.15, -0.1) is 11.6 Å². The Morgan fingerprint density at radius 3 is 2.57 bits per heavy atom. The second kappa shape index (κ2) is 6.88. The zero-order valence-corrected chi connectivity index (χ0v) is 18.6. The Morgan fingerprint density at radius 2 is 1.90 bits per heavy atom. The van der Waals surface area contributed by atoms with Crippen molar-refractivity contribution >= 4 is 29.1 Å². The van der Waals surface area contributed by atoms with Gasteiger partial charge in [0, 0.05) is 24.2 Å². The second-order valence-electron chi connectivity index (χ2n) is 10.2. The highest BCUT2D eigenvalue weighted by molar-refractivity contribution is 6.26. The fourth-order valence-electron chi connectivity index (χ4n) is 7.32. The Hall–Kier alpha value is -1.24. The number of esters is 1. The van der Waals surface area contributed by atoms with Gasteiger partial charge in [0.25, 0.3) is 0 Å². The molecule has 7 heteroatoms. The summed E-state index contributed by atoms with van der Waals surface area (Å²) in [5.41, 5.74) is -1.98. The van der Waals surface area contributed by atoms with Gasteiger partial charge in [0.2, 0.25) is 5.78 Å². The maximum atomic E-state index is 12.9. The van der Waals surface area contributed by atoms with Crippen LogP contribution in [-0.2, 0) is 19.1 Å². The summed E-state index contributed by atoms with van der Waals surface area (Å²) in [5.74, 6) is -1.09. The third-order valence-corrected chi connectivity index (χ3v) is 10.0. The minimum atomic E-state index is -1.66. The van der Waals surface area contributed by atoms with Gasteiger partial charge in [-0.3, -0.25) is 14.4 Å². The quantitative estimate of drug-likeness (QED) is 0.519. The number of fused-ring (bicyclic) bond motifs is 5. The molecule has 0 spiro atoms. The van der Waals surface area contributed by atoms with Gasteiger partial charge in [-0.25, -0.2) is 0 Å². The molecule has 0 bridgehead atoms. The Labute approximate surface area is 182 Å². The first-order valence-corrected chi connectivity index (χ1v) is 11.3. The number of Topliss-reactive ketones (excluding diaryl/α,β-unsaturated/α-hetero) is 1. The van der Waals surface area contributed by atoms with Gasteiger partial charge in [0.1, 0.15) is 5.60 Å². The molecule has 0 aromatic rings. The molecule has 4 aliphatic rings. The molecule has 7 atom stereocenters. The van der Waals surface area contributed by atoms with Crippen molar-refractivity contribution < 1.29 is 29.3 Å². The number of halogens is 1. The van der Waals surface area contributed by atoms with Gasteiger partial charge in [-0.05, 0) is 56.4 Å². The number of allylic oxidation sites excluding steroid dienone is 1. The Kier molecular flexibility index (Phi) is 5.04. The van der Waals surface area contributed by atoms with Crippen LogP contribution in [0.4, 0.5) is 0 Å². The predicted octanol–water partition coefficient (Wildman–Crippen LogP) is 2.71. The maximum Gasteiger partial charge on any atom is 0.303 e. The minimum Gasteiger partial charge on any atom is -0.458 e. The van der Waals surface area contributed by atoms with Crippen LogP contribution >= 0.6 is 11.6 Å². The fourth-order valence-corrected chi connectivity index (χ4v) is 7.87. The van der Waals surface area contributed by atoms with E-state index in [1.165, 1.54) is 6.92 Å². The van der Waals surface area contributed by atoms with Crippen molar-refractivity contribution in [3.05, 3.63) is 11.6 Å². The van der Waals surface area contributed by atoms with Crippen LogP contribution in [0.3, 0.4) is 0 Å². The molecule has 0 saturated heterocycles. The largest absolute Gasteiger partial charge is 0.458 e. The van der Waals surface area contributed by atoms with Gasteiger partial charge < -0.3 is 14.9 Å². The van der Waals surface area contributed by atoms with Crippen molar-refractivity contribution in [2.45, 2.75) is 82.3 Å². The van der Waals surface area contributed by atoms with Gasteiger partial charge >= 0.3 is 5.97 Å². The number of rotatable bonds is 3. The number of aliphatic hydroxyl groups excluding tert-OH is 1. The van der Waals surface area contributed by atoms with Crippen molar-refractivity contribution in [2.24, 2.45) is 22.7 Å². The topological polar surface area (TPSA) is 101 Å². The predicted molar refractivity (Wildman–Crippen MR) is 110 cm³/mol. The number of ketones is 2. The molecule has 3 fully saturated rings. The molecule has 30 heavy (non-hydrogen) atoms. The van der Waals surface area contributed by atoms with E-state index in [1.54, 1.807) is 6.08 Å². The van der Waals surface area contributed by atoms with Crippen LogP contribution in [0.5, 0.6) is 0 Å². The molecule has 6 nitrogen and oxygen atoms in total. The normalized spacial score (nSPS) is 47.6. The lowest BCUT2D eigenvalue weighted by Crippen LogP contribution is -2.69. The lowest BCUT2D eigenvalue weighted by atomic mass is 9.45. The summed E-state index contributed by atoms with van der Waals surface area (Å²) in [6.07, 6.45) is 4.34. The van der Waals surface area contributed by atoms with E-state index in [1.807, 2.05) is 6.92 Å². The monoisotopic (exact) mass is 438 g/mol. The highest BCUT2D eigenvalue weighted by atomic mass is 35.5. The van der Waals surface area contributed by atoms with Crippen LogP contribution in [0.25, 0.3) is 0 Å². The standard InChI is InChI=1S/C23H31ClO6/c1-13(25)30-12-19(28)22(29)9-7-16-17-5-4-14-10-15(26)6-8-20(14,2)23(17,24)18(27)11-21(16,22)3/h10,16-18,27,29H,4-9,11-12H2,1-3H3/t16-,17-,18?,20-,21-,22-,23-/m0/s1. The fraction of sp³-hybridized carbons (Fsp3) is 0.783. The highest BCUT2D eigenvalue weighted by Gasteiger charge is 2.73. The van der Waals surface area contributed by atoms with Crippen LogP contribution in [0.1, 0.15) is 65.7 Å². The van der Waals surface area contributed by atoms with Crippen molar-refractivity contribution in [3.8, 4) is 0 Å². The lowest BCUT2D eigenvalue weighted by molar-refractivity contribution is -0.179. The number of carbonyl (C=O) groups is 3. The third-order valence-electron chi connectivity index (χ3n) is 9.06. The summed E-state index contributed by atoms with van der Waals surface area (Å²) in [4.78, 5) is 35.2. The summed E-state index contributed by atoms with van der Waals surface area (Å²) in [6.45, 7) is 4.69. The Morgan fingerprint density at radius 1 is 1.20 bits per heavy atom. The van der Waals surface area contributed by atoms with Crippen LogP contribution < -0.4 is 0 Å².